The summed E-state index contributed by atoms with van der Waals surface area (Å²) in [4.78, 5) is 14.3. The molecule has 0 radical (unpaired) electrons. The van der Waals surface area contributed by atoms with Gasteiger partial charge in [0.25, 0.3) is 6.20 Å². The zero-order valence-corrected chi connectivity index (χ0v) is 13.1. The Balaban J connectivity index is 2.22. The van der Waals surface area contributed by atoms with Crippen molar-refractivity contribution in [2.24, 2.45) is 0 Å². The first-order valence-corrected chi connectivity index (χ1v) is 8.12. The topological polar surface area (TPSA) is 80.1 Å². The monoisotopic (exact) mass is 320 g/mol. The van der Waals surface area contributed by atoms with Crippen LogP contribution in [0.2, 0.25) is 0 Å². The van der Waals surface area contributed by atoms with Crippen molar-refractivity contribution in [3.05, 3.63) is 52.2 Å². The third-order valence-electron chi connectivity index (χ3n) is 2.59. The SMILES string of the molecule is C#CCCCN/C(=C/[N+](=O)[O-])NCCSCc1ccccn1. The van der Waals surface area contributed by atoms with E-state index in [2.05, 4.69) is 21.5 Å². The van der Waals surface area contributed by atoms with Crippen LogP contribution >= 0.6 is 11.8 Å². The van der Waals surface area contributed by atoms with Crippen molar-refractivity contribution in [1.82, 2.24) is 15.6 Å². The minimum Gasteiger partial charge on any atom is -0.367 e. The molecule has 2 N–H and O–H groups in total. The summed E-state index contributed by atoms with van der Waals surface area (Å²) in [5, 5.41) is 16.6. The van der Waals surface area contributed by atoms with Gasteiger partial charge in [0.05, 0.1) is 10.6 Å². The third kappa shape index (κ3) is 8.87. The molecule has 1 rings (SSSR count). The van der Waals surface area contributed by atoms with Crippen LogP contribution in [0.15, 0.2) is 36.4 Å². The molecule has 1 aromatic rings. The van der Waals surface area contributed by atoms with Gasteiger partial charge in [0.15, 0.2) is 5.82 Å². The van der Waals surface area contributed by atoms with E-state index in [1.807, 2.05) is 18.2 Å². The van der Waals surface area contributed by atoms with Crippen molar-refractivity contribution in [2.75, 3.05) is 18.8 Å². The van der Waals surface area contributed by atoms with Gasteiger partial charge in [-0.3, -0.25) is 15.1 Å². The highest BCUT2D eigenvalue weighted by atomic mass is 32.2. The molecule has 0 bridgehead atoms. The maximum Gasteiger partial charge on any atom is 0.274 e. The largest absolute Gasteiger partial charge is 0.367 e. The molecule has 0 fully saturated rings. The summed E-state index contributed by atoms with van der Waals surface area (Å²) in [7, 11) is 0. The highest BCUT2D eigenvalue weighted by molar-refractivity contribution is 7.98. The van der Waals surface area contributed by atoms with Gasteiger partial charge >= 0.3 is 0 Å². The quantitative estimate of drug-likeness (QED) is 0.281. The van der Waals surface area contributed by atoms with Gasteiger partial charge in [-0.15, -0.1) is 12.3 Å². The molecule has 6 nitrogen and oxygen atoms in total. The van der Waals surface area contributed by atoms with Crippen molar-refractivity contribution in [2.45, 2.75) is 18.6 Å². The lowest BCUT2D eigenvalue weighted by molar-refractivity contribution is -0.404. The third-order valence-corrected chi connectivity index (χ3v) is 3.58. The molecule has 1 aromatic heterocycles. The molecule has 22 heavy (non-hydrogen) atoms. The first-order chi connectivity index (χ1) is 10.7. The second kappa shape index (κ2) is 11.5. The molecule has 0 aliphatic heterocycles. The van der Waals surface area contributed by atoms with Crippen LogP contribution < -0.4 is 10.6 Å². The van der Waals surface area contributed by atoms with Gasteiger partial charge in [0, 0.05) is 37.2 Å². The van der Waals surface area contributed by atoms with Gasteiger partial charge in [-0.25, -0.2) is 0 Å². The van der Waals surface area contributed by atoms with E-state index < -0.39 is 4.92 Å². The summed E-state index contributed by atoms with van der Waals surface area (Å²) in [5.74, 6) is 4.61. The summed E-state index contributed by atoms with van der Waals surface area (Å²) in [6, 6.07) is 5.82. The normalized spacial score (nSPS) is 10.8. The first-order valence-electron chi connectivity index (χ1n) is 6.96. The molecule has 0 aliphatic carbocycles. The highest BCUT2D eigenvalue weighted by Crippen LogP contribution is 2.08. The maximum atomic E-state index is 10.6. The number of hydrogen-bond acceptors (Lipinski definition) is 6. The molecular formula is C15H20N4O2S. The van der Waals surface area contributed by atoms with Crippen molar-refractivity contribution in [1.29, 1.82) is 0 Å². The van der Waals surface area contributed by atoms with E-state index in [4.69, 9.17) is 6.42 Å². The summed E-state index contributed by atoms with van der Waals surface area (Å²) < 4.78 is 0. The molecule has 0 saturated carbocycles. The van der Waals surface area contributed by atoms with E-state index >= 15 is 0 Å². The number of nitrogens with zero attached hydrogens (tertiary/aromatic N) is 2. The summed E-state index contributed by atoms with van der Waals surface area (Å²) in [5.41, 5.74) is 1.03. The minimum absolute atomic E-state index is 0.417. The Morgan fingerprint density at radius 2 is 2.27 bits per heavy atom. The van der Waals surface area contributed by atoms with Crippen LogP contribution in [0, 0.1) is 22.5 Å². The van der Waals surface area contributed by atoms with Crippen LogP contribution in [0.1, 0.15) is 18.5 Å². The Hall–Kier alpha value is -2.20. The van der Waals surface area contributed by atoms with Crippen LogP contribution in [0.4, 0.5) is 0 Å². The molecule has 1 heterocycles. The summed E-state index contributed by atoms with van der Waals surface area (Å²) in [6.07, 6.45) is 9.31. The van der Waals surface area contributed by atoms with Crippen LogP contribution in [0.25, 0.3) is 0 Å². The molecule has 7 heteroatoms. The predicted octanol–water partition coefficient (Wildman–Crippen LogP) is 1.98. The van der Waals surface area contributed by atoms with Gasteiger partial charge in [0.2, 0.25) is 0 Å². The Labute approximate surface area is 134 Å². The van der Waals surface area contributed by atoms with Crippen molar-refractivity contribution < 1.29 is 4.92 Å². The van der Waals surface area contributed by atoms with E-state index in [0.29, 0.717) is 25.3 Å². The molecule has 0 aromatic carbocycles. The van der Waals surface area contributed by atoms with Crippen LogP contribution in [-0.2, 0) is 5.75 Å². The fourth-order valence-electron chi connectivity index (χ4n) is 1.59. The molecule has 0 spiro atoms. The van der Waals surface area contributed by atoms with Crippen molar-refractivity contribution in [3.63, 3.8) is 0 Å². The van der Waals surface area contributed by atoms with E-state index in [9.17, 15) is 10.1 Å². The molecule has 118 valence electrons. The number of rotatable bonds is 11. The highest BCUT2D eigenvalue weighted by Gasteiger charge is 2.02. The second-order valence-corrected chi connectivity index (χ2v) is 5.47. The maximum absolute atomic E-state index is 10.6. The Kier molecular flexibility index (Phi) is 9.30. The number of hydrogen-bond donors (Lipinski definition) is 2. The van der Waals surface area contributed by atoms with Gasteiger partial charge in [-0.2, -0.15) is 11.8 Å². The van der Waals surface area contributed by atoms with Gasteiger partial charge < -0.3 is 10.6 Å². The number of unbranched alkanes of at least 4 members (excludes halogenated alkanes) is 1. The average Bonchev–Trinajstić information content (AvgIpc) is 2.51. The number of terminal acetylenes is 1. The Bertz CT molecular complexity index is 514. The molecular weight excluding hydrogens is 300 g/mol. The molecule has 0 unspecified atom stereocenters. The molecule has 0 saturated heterocycles. The smallest absolute Gasteiger partial charge is 0.274 e. The lowest BCUT2D eigenvalue weighted by Gasteiger charge is -2.10. The lowest BCUT2D eigenvalue weighted by atomic mass is 10.3. The van der Waals surface area contributed by atoms with Crippen LogP contribution in [0.3, 0.4) is 0 Å². The predicted molar refractivity (Wildman–Crippen MR) is 89.5 cm³/mol. The van der Waals surface area contributed by atoms with Gasteiger partial charge in [-0.05, 0) is 18.6 Å². The molecule has 0 aliphatic rings. The van der Waals surface area contributed by atoms with Crippen molar-refractivity contribution in [3.8, 4) is 12.3 Å². The molecule has 0 amide bonds. The lowest BCUT2D eigenvalue weighted by Crippen LogP contribution is -2.29. The zero-order valence-electron chi connectivity index (χ0n) is 12.3. The molecule has 0 atom stereocenters. The number of pyridine rings is 1. The van der Waals surface area contributed by atoms with Gasteiger partial charge in [-0.1, -0.05) is 6.07 Å². The number of nitrogens with one attached hydrogen (secondary N) is 2. The summed E-state index contributed by atoms with van der Waals surface area (Å²) in [6.45, 7) is 1.25. The van der Waals surface area contributed by atoms with E-state index in [0.717, 1.165) is 29.8 Å². The van der Waals surface area contributed by atoms with Crippen LogP contribution in [0.5, 0.6) is 0 Å². The van der Waals surface area contributed by atoms with Crippen molar-refractivity contribution >= 4 is 11.8 Å². The Morgan fingerprint density at radius 1 is 1.45 bits per heavy atom. The number of nitro groups is 1. The Morgan fingerprint density at radius 3 is 2.95 bits per heavy atom. The number of aromatic nitrogens is 1. The van der Waals surface area contributed by atoms with E-state index in [-0.39, 0.29) is 0 Å². The minimum atomic E-state index is -0.475. The van der Waals surface area contributed by atoms with Crippen LogP contribution in [-0.4, -0.2) is 28.7 Å². The fraction of sp³-hybridized carbons (Fsp3) is 0.400. The number of thioether (sulfide) groups is 1. The first kappa shape index (κ1) is 17.9. The zero-order chi connectivity index (χ0) is 16.0. The van der Waals surface area contributed by atoms with E-state index in [1.165, 1.54) is 0 Å². The average molecular weight is 320 g/mol. The van der Waals surface area contributed by atoms with E-state index in [1.54, 1.807) is 18.0 Å². The fourth-order valence-corrected chi connectivity index (χ4v) is 2.36. The standard InChI is InChI=1S/C15H20N4O2S/c1-2-3-5-9-17-15(12-19(20)21)18-10-11-22-13-14-7-4-6-8-16-14/h1,4,6-8,12,17-18H,3,5,9-11,13H2/b15-12-. The van der Waals surface area contributed by atoms with Gasteiger partial charge in [0.1, 0.15) is 0 Å². The second-order valence-electron chi connectivity index (χ2n) is 4.36. The summed E-state index contributed by atoms with van der Waals surface area (Å²) >= 11 is 1.72.